The van der Waals surface area contributed by atoms with E-state index < -0.39 is 0 Å². The van der Waals surface area contributed by atoms with Crippen LogP contribution in [0.15, 0.2) is 10.9 Å². The molecular weight excluding hydrogens is 302 g/mol. The normalized spacial score (nSPS) is 14.7. The fourth-order valence-electron chi connectivity index (χ4n) is 2.88. The minimum absolute atomic E-state index is 0.0778. The molecule has 2 aromatic rings. The van der Waals surface area contributed by atoms with E-state index in [9.17, 15) is 9.90 Å². The highest BCUT2D eigenvalue weighted by Gasteiger charge is 2.29. The molecule has 0 spiro atoms. The molecule has 118 valence electrons. The van der Waals surface area contributed by atoms with Crippen LogP contribution in [0.5, 0.6) is 5.75 Å². The monoisotopic (exact) mass is 321 g/mol. The highest BCUT2D eigenvalue weighted by atomic mass is 35.5. The van der Waals surface area contributed by atoms with E-state index in [1.807, 2.05) is 6.92 Å². The van der Waals surface area contributed by atoms with Crippen LogP contribution in [0, 0.1) is 0 Å². The van der Waals surface area contributed by atoms with Gasteiger partial charge in [-0.3, -0.25) is 9.36 Å². The van der Waals surface area contributed by atoms with Gasteiger partial charge in [0.1, 0.15) is 11.3 Å². The molecule has 1 aliphatic rings. The third-order valence-electron chi connectivity index (χ3n) is 4.07. The van der Waals surface area contributed by atoms with Crippen LogP contribution in [-0.2, 0) is 13.1 Å². The van der Waals surface area contributed by atoms with E-state index in [1.54, 1.807) is 17.7 Å². The number of aromatic nitrogens is 2. The highest BCUT2D eigenvalue weighted by Crippen LogP contribution is 2.45. The van der Waals surface area contributed by atoms with E-state index in [4.69, 9.17) is 11.6 Å². The van der Waals surface area contributed by atoms with Gasteiger partial charge in [-0.2, -0.15) is 0 Å². The summed E-state index contributed by atoms with van der Waals surface area (Å²) < 4.78 is 1.71. The highest BCUT2D eigenvalue weighted by molar-refractivity contribution is 6.33. The first-order chi connectivity index (χ1) is 10.6. The van der Waals surface area contributed by atoms with Crippen molar-refractivity contribution >= 4 is 22.5 Å². The SMILES string of the molecule is CCCn1c(CNC)nc2c(O)c(Cl)cc(C3CC3)c2c1=O. The van der Waals surface area contributed by atoms with Crippen LogP contribution in [0.3, 0.4) is 0 Å². The molecule has 3 rings (SSSR count). The number of phenolic OH excluding ortho intramolecular Hbond substituents is 1. The van der Waals surface area contributed by atoms with Crippen LogP contribution in [0.1, 0.15) is 43.5 Å². The van der Waals surface area contributed by atoms with E-state index in [0.717, 1.165) is 24.8 Å². The van der Waals surface area contributed by atoms with E-state index in [1.165, 1.54) is 0 Å². The molecule has 2 N–H and O–H groups in total. The van der Waals surface area contributed by atoms with Crippen molar-refractivity contribution in [3.05, 3.63) is 32.8 Å². The zero-order chi connectivity index (χ0) is 15.9. The number of halogens is 1. The number of rotatable bonds is 5. The lowest BCUT2D eigenvalue weighted by molar-refractivity contribution is 0.479. The van der Waals surface area contributed by atoms with Gasteiger partial charge < -0.3 is 10.4 Å². The molecule has 0 amide bonds. The van der Waals surface area contributed by atoms with Crippen LogP contribution in [0.2, 0.25) is 5.02 Å². The number of aromatic hydroxyl groups is 1. The third-order valence-corrected chi connectivity index (χ3v) is 4.36. The maximum Gasteiger partial charge on any atom is 0.261 e. The molecule has 0 unspecified atom stereocenters. The summed E-state index contributed by atoms with van der Waals surface area (Å²) >= 11 is 6.13. The average molecular weight is 322 g/mol. The second kappa shape index (κ2) is 5.89. The Bertz CT molecular complexity index is 781. The van der Waals surface area contributed by atoms with Gasteiger partial charge >= 0.3 is 0 Å². The van der Waals surface area contributed by atoms with Gasteiger partial charge in [-0.1, -0.05) is 18.5 Å². The van der Waals surface area contributed by atoms with Crippen molar-refractivity contribution in [3.8, 4) is 5.75 Å². The van der Waals surface area contributed by atoms with Crippen molar-refractivity contribution in [2.24, 2.45) is 0 Å². The lowest BCUT2D eigenvalue weighted by Gasteiger charge is -2.15. The summed E-state index contributed by atoms with van der Waals surface area (Å²) in [7, 11) is 1.81. The first-order valence-corrected chi connectivity index (χ1v) is 8.05. The van der Waals surface area contributed by atoms with Crippen LogP contribution in [0.25, 0.3) is 10.9 Å². The number of hydrogen-bond acceptors (Lipinski definition) is 4. The van der Waals surface area contributed by atoms with E-state index in [0.29, 0.717) is 35.7 Å². The fraction of sp³-hybridized carbons (Fsp3) is 0.500. The lowest BCUT2D eigenvalue weighted by Crippen LogP contribution is -2.28. The van der Waals surface area contributed by atoms with Crippen LogP contribution in [0.4, 0.5) is 0 Å². The van der Waals surface area contributed by atoms with Gasteiger partial charge in [0.25, 0.3) is 5.56 Å². The predicted molar refractivity (Wildman–Crippen MR) is 87.7 cm³/mol. The van der Waals surface area contributed by atoms with E-state index in [-0.39, 0.29) is 16.3 Å². The van der Waals surface area contributed by atoms with E-state index >= 15 is 0 Å². The molecule has 0 saturated heterocycles. The Morgan fingerprint density at radius 1 is 1.50 bits per heavy atom. The maximum absolute atomic E-state index is 13.0. The molecule has 1 saturated carbocycles. The molecule has 22 heavy (non-hydrogen) atoms. The lowest BCUT2D eigenvalue weighted by atomic mass is 10.0. The van der Waals surface area contributed by atoms with Gasteiger partial charge in [-0.15, -0.1) is 0 Å². The first-order valence-electron chi connectivity index (χ1n) is 7.67. The molecule has 1 fully saturated rings. The molecule has 6 heteroatoms. The number of hydrogen-bond donors (Lipinski definition) is 2. The second-order valence-electron chi connectivity index (χ2n) is 5.81. The summed E-state index contributed by atoms with van der Waals surface area (Å²) in [6.45, 7) is 3.11. The fourth-order valence-corrected chi connectivity index (χ4v) is 3.09. The van der Waals surface area contributed by atoms with Gasteiger partial charge in [0.2, 0.25) is 0 Å². The Balaban J connectivity index is 2.38. The molecule has 0 bridgehead atoms. The van der Waals surface area contributed by atoms with Gasteiger partial charge in [0.05, 0.1) is 17.0 Å². The molecule has 5 nitrogen and oxygen atoms in total. The Morgan fingerprint density at radius 3 is 2.82 bits per heavy atom. The average Bonchev–Trinajstić information content (AvgIpc) is 3.32. The molecular formula is C16H20ClN3O2. The molecule has 1 aliphatic carbocycles. The minimum Gasteiger partial charge on any atom is -0.504 e. The van der Waals surface area contributed by atoms with Gasteiger partial charge in [0, 0.05) is 6.54 Å². The molecule has 1 aromatic heterocycles. The number of benzene rings is 1. The Kier molecular flexibility index (Phi) is 4.10. The quantitative estimate of drug-likeness (QED) is 0.888. The molecule has 0 atom stereocenters. The van der Waals surface area contributed by atoms with Crippen LogP contribution in [-0.4, -0.2) is 21.7 Å². The van der Waals surface area contributed by atoms with Crippen LogP contribution < -0.4 is 10.9 Å². The van der Waals surface area contributed by atoms with Crippen molar-refractivity contribution < 1.29 is 5.11 Å². The zero-order valence-corrected chi connectivity index (χ0v) is 13.6. The Labute approximate surface area is 133 Å². The van der Waals surface area contributed by atoms with Crippen molar-refractivity contribution in [2.75, 3.05) is 7.05 Å². The second-order valence-corrected chi connectivity index (χ2v) is 6.22. The largest absolute Gasteiger partial charge is 0.504 e. The maximum atomic E-state index is 13.0. The summed E-state index contributed by atoms with van der Waals surface area (Å²) in [5, 5.41) is 14.1. The summed E-state index contributed by atoms with van der Waals surface area (Å²) in [5.74, 6) is 0.889. The molecule has 0 radical (unpaired) electrons. The van der Waals surface area contributed by atoms with Crippen molar-refractivity contribution in [1.29, 1.82) is 0 Å². The molecule has 0 aliphatic heterocycles. The Hall–Kier alpha value is -1.59. The summed E-state index contributed by atoms with van der Waals surface area (Å²) in [5.41, 5.74) is 1.18. The topological polar surface area (TPSA) is 67.2 Å². The molecule has 1 heterocycles. The van der Waals surface area contributed by atoms with Crippen molar-refractivity contribution in [1.82, 2.24) is 14.9 Å². The number of nitrogens with one attached hydrogen (secondary N) is 1. The minimum atomic E-state index is -0.0980. The number of nitrogens with zero attached hydrogens (tertiary/aromatic N) is 2. The first kappa shape index (κ1) is 15.3. The summed E-state index contributed by atoms with van der Waals surface area (Å²) in [6.07, 6.45) is 2.96. The van der Waals surface area contributed by atoms with Crippen LogP contribution >= 0.6 is 11.6 Å². The smallest absolute Gasteiger partial charge is 0.261 e. The summed E-state index contributed by atoms with van der Waals surface area (Å²) in [6, 6.07) is 1.73. The standard InChI is InChI=1S/C16H20ClN3O2/c1-3-6-20-12(8-18-2)19-14-13(16(20)22)10(9-4-5-9)7-11(17)15(14)21/h7,9,18,21H,3-6,8H2,1-2H3. The zero-order valence-electron chi connectivity index (χ0n) is 12.8. The van der Waals surface area contributed by atoms with Crippen molar-refractivity contribution in [3.63, 3.8) is 0 Å². The summed E-state index contributed by atoms with van der Waals surface area (Å²) in [4.78, 5) is 17.5. The van der Waals surface area contributed by atoms with Gasteiger partial charge in [-0.05, 0) is 43.9 Å². The van der Waals surface area contributed by atoms with Crippen molar-refractivity contribution in [2.45, 2.75) is 45.2 Å². The molecule has 1 aromatic carbocycles. The Morgan fingerprint density at radius 2 is 2.23 bits per heavy atom. The van der Waals surface area contributed by atoms with Gasteiger partial charge in [0.15, 0.2) is 5.75 Å². The number of fused-ring (bicyclic) bond motifs is 1. The third kappa shape index (κ3) is 2.48. The van der Waals surface area contributed by atoms with E-state index in [2.05, 4.69) is 10.3 Å². The predicted octanol–water partition coefficient (Wildman–Crippen LogP) is 2.76. The number of phenols is 1. The van der Waals surface area contributed by atoms with Gasteiger partial charge in [-0.25, -0.2) is 4.98 Å².